The molecule has 18 heavy (non-hydrogen) atoms. The van der Waals surface area contributed by atoms with E-state index in [0.717, 1.165) is 25.7 Å². The molecule has 0 bridgehead atoms. The van der Waals surface area contributed by atoms with Gasteiger partial charge in [-0.15, -0.1) is 0 Å². The molecule has 1 aliphatic rings. The largest absolute Gasteiger partial charge is 0.465 e. The molecule has 1 unspecified atom stereocenters. The van der Waals surface area contributed by atoms with E-state index in [-0.39, 0.29) is 17.7 Å². The van der Waals surface area contributed by atoms with Gasteiger partial charge in [0.15, 0.2) is 0 Å². The maximum atomic E-state index is 12.3. The molecule has 0 aromatic rings. The van der Waals surface area contributed by atoms with Crippen molar-refractivity contribution in [3.63, 3.8) is 0 Å². The van der Waals surface area contributed by atoms with Crippen molar-refractivity contribution in [1.29, 1.82) is 0 Å². The minimum atomic E-state index is -0.507. The van der Waals surface area contributed by atoms with Gasteiger partial charge in [0.05, 0.1) is 6.61 Å². The van der Waals surface area contributed by atoms with Gasteiger partial charge in [0, 0.05) is 6.42 Å². The zero-order valence-electron chi connectivity index (χ0n) is 11.9. The number of hydrogen-bond acceptors (Lipinski definition) is 3. The van der Waals surface area contributed by atoms with Crippen LogP contribution in [-0.2, 0) is 14.3 Å². The molecular formula is C15H26O3. The van der Waals surface area contributed by atoms with Gasteiger partial charge in [-0.3, -0.25) is 9.59 Å². The summed E-state index contributed by atoms with van der Waals surface area (Å²) in [5.74, 6) is -0.208. The molecule has 0 amide bonds. The van der Waals surface area contributed by atoms with Crippen LogP contribution in [0.25, 0.3) is 0 Å². The van der Waals surface area contributed by atoms with Crippen LogP contribution in [0.2, 0.25) is 0 Å². The first kappa shape index (κ1) is 15.2. The molecule has 104 valence electrons. The van der Waals surface area contributed by atoms with Crippen LogP contribution in [0, 0.1) is 17.8 Å². The molecule has 0 spiro atoms. The first-order valence-electron chi connectivity index (χ1n) is 7.25. The summed E-state index contributed by atoms with van der Waals surface area (Å²) >= 11 is 0. The van der Waals surface area contributed by atoms with Crippen molar-refractivity contribution in [2.75, 3.05) is 6.61 Å². The van der Waals surface area contributed by atoms with Gasteiger partial charge in [-0.25, -0.2) is 0 Å². The van der Waals surface area contributed by atoms with Gasteiger partial charge >= 0.3 is 5.97 Å². The van der Waals surface area contributed by atoms with Crippen molar-refractivity contribution in [1.82, 2.24) is 0 Å². The minimum absolute atomic E-state index is 0.0790. The van der Waals surface area contributed by atoms with E-state index < -0.39 is 5.92 Å². The van der Waals surface area contributed by atoms with Gasteiger partial charge in [-0.1, -0.05) is 33.1 Å². The van der Waals surface area contributed by atoms with Crippen LogP contribution in [0.3, 0.4) is 0 Å². The fourth-order valence-electron chi connectivity index (χ4n) is 2.82. The molecule has 1 fully saturated rings. The zero-order valence-corrected chi connectivity index (χ0v) is 11.9. The highest BCUT2D eigenvalue weighted by Crippen LogP contribution is 2.32. The number of esters is 1. The SMILES string of the molecule is CCOC(=O)C(C(=O)CC(C)C)C1CCCCC1. The molecule has 3 nitrogen and oxygen atoms in total. The van der Waals surface area contributed by atoms with Crippen molar-refractivity contribution >= 4 is 11.8 Å². The first-order valence-corrected chi connectivity index (χ1v) is 7.25. The number of carbonyl (C=O) groups is 2. The van der Waals surface area contributed by atoms with E-state index in [4.69, 9.17) is 4.74 Å². The predicted molar refractivity (Wildman–Crippen MR) is 71.2 cm³/mol. The van der Waals surface area contributed by atoms with E-state index in [1.54, 1.807) is 6.92 Å². The third-order valence-corrected chi connectivity index (χ3v) is 3.62. The van der Waals surface area contributed by atoms with Crippen molar-refractivity contribution in [2.45, 2.75) is 59.3 Å². The summed E-state index contributed by atoms with van der Waals surface area (Å²) in [5.41, 5.74) is 0. The molecular weight excluding hydrogens is 228 g/mol. The van der Waals surface area contributed by atoms with Crippen LogP contribution in [0.4, 0.5) is 0 Å². The number of Topliss-reactive ketones (excluding diaryl/α,β-unsaturated/α-hetero) is 1. The molecule has 1 rings (SSSR count). The molecule has 0 aromatic heterocycles. The lowest BCUT2D eigenvalue weighted by Crippen LogP contribution is -2.34. The van der Waals surface area contributed by atoms with Gasteiger partial charge in [-0.05, 0) is 31.6 Å². The highest BCUT2D eigenvalue weighted by Gasteiger charge is 2.36. The van der Waals surface area contributed by atoms with Crippen LogP contribution in [0.15, 0.2) is 0 Å². The normalized spacial score (nSPS) is 18.7. The monoisotopic (exact) mass is 254 g/mol. The molecule has 0 heterocycles. The van der Waals surface area contributed by atoms with Gasteiger partial charge < -0.3 is 4.74 Å². The average Bonchev–Trinajstić information content (AvgIpc) is 2.30. The van der Waals surface area contributed by atoms with Crippen LogP contribution < -0.4 is 0 Å². The highest BCUT2D eigenvalue weighted by molar-refractivity contribution is 5.99. The van der Waals surface area contributed by atoms with E-state index in [1.165, 1.54) is 6.42 Å². The molecule has 3 heteroatoms. The number of ether oxygens (including phenoxy) is 1. The molecule has 0 aromatic carbocycles. The second-order valence-corrected chi connectivity index (χ2v) is 5.69. The molecule has 0 saturated heterocycles. The summed E-state index contributed by atoms with van der Waals surface area (Å²) in [4.78, 5) is 24.3. The van der Waals surface area contributed by atoms with E-state index >= 15 is 0 Å². The lowest BCUT2D eigenvalue weighted by atomic mass is 9.76. The predicted octanol–water partition coefficient (Wildman–Crippen LogP) is 3.36. The summed E-state index contributed by atoms with van der Waals surface area (Å²) in [6, 6.07) is 0. The van der Waals surface area contributed by atoms with Gasteiger partial charge in [-0.2, -0.15) is 0 Å². The van der Waals surface area contributed by atoms with Gasteiger partial charge in [0.1, 0.15) is 11.7 Å². The first-order chi connectivity index (χ1) is 8.56. The standard InChI is InChI=1S/C15H26O3/c1-4-18-15(17)14(13(16)10-11(2)3)12-8-6-5-7-9-12/h11-12,14H,4-10H2,1-3H3. The van der Waals surface area contributed by atoms with Gasteiger partial charge in [0.25, 0.3) is 0 Å². The Hall–Kier alpha value is -0.860. The fraction of sp³-hybridized carbons (Fsp3) is 0.867. The number of rotatable bonds is 6. The Labute approximate surface area is 110 Å². The Morgan fingerprint density at radius 2 is 1.78 bits per heavy atom. The smallest absolute Gasteiger partial charge is 0.316 e. The van der Waals surface area contributed by atoms with Crippen LogP contribution in [0.1, 0.15) is 59.3 Å². The van der Waals surface area contributed by atoms with E-state index in [2.05, 4.69) is 0 Å². The maximum Gasteiger partial charge on any atom is 0.316 e. The Balaban J connectivity index is 2.72. The Morgan fingerprint density at radius 1 is 1.17 bits per heavy atom. The molecule has 0 radical (unpaired) electrons. The molecule has 0 N–H and O–H groups in total. The Kier molecular flexibility index (Phi) is 6.37. The van der Waals surface area contributed by atoms with E-state index in [0.29, 0.717) is 18.9 Å². The van der Waals surface area contributed by atoms with E-state index in [1.807, 2.05) is 13.8 Å². The third kappa shape index (κ3) is 4.43. The van der Waals surface area contributed by atoms with Crippen molar-refractivity contribution in [3.05, 3.63) is 0 Å². The van der Waals surface area contributed by atoms with Crippen LogP contribution in [0.5, 0.6) is 0 Å². The number of carbonyl (C=O) groups excluding carboxylic acids is 2. The zero-order chi connectivity index (χ0) is 13.5. The Bertz CT molecular complexity index is 277. The summed E-state index contributed by atoms with van der Waals surface area (Å²) in [6.07, 6.45) is 5.97. The van der Waals surface area contributed by atoms with Crippen LogP contribution >= 0.6 is 0 Å². The number of hydrogen-bond donors (Lipinski definition) is 0. The molecule has 1 aliphatic carbocycles. The van der Waals surface area contributed by atoms with Crippen molar-refractivity contribution in [2.24, 2.45) is 17.8 Å². The minimum Gasteiger partial charge on any atom is -0.465 e. The fourth-order valence-corrected chi connectivity index (χ4v) is 2.82. The Morgan fingerprint density at radius 3 is 2.28 bits per heavy atom. The second-order valence-electron chi connectivity index (χ2n) is 5.69. The molecule has 1 atom stereocenters. The summed E-state index contributed by atoms with van der Waals surface area (Å²) in [6.45, 7) is 6.18. The number of ketones is 1. The topological polar surface area (TPSA) is 43.4 Å². The summed E-state index contributed by atoms with van der Waals surface area (Å²) < 4.78 is 5.10. The summed E-state index contributed by atoms with van der Waals surface area (Å²) in [5, 5.41) is 0. The molecule has 1 saturated carbocycles. The highest BCUT2D eigenvalue weighted by atomic mass is 16.5. The quantitative estimate of drug-likeness (QED) is 0.539. The lowest BCUT2D eigenvalue weighted by Gasteiger charge is -2.28. The molecule has 0 aliphatic heterocycles. The summed E-state index contributed by atoms with van der Waals surface area (Å²) in [7, 11) is 0. The van der Waals surface area contributed by atoms with Crippen LogP contribution in [-0.4, -0.2) is 18.4 Å². The van der Waals surface area contributed by atoms with E-state index in [9.17, 15) is 9.59 Å². The van der Waals surface area contributed by atoms with Crippen molar-refractivity contribution < 1.29 is 14.3 Å². The van der Waals surface area contributed by atoms with Gasteiger partial charge in [0.2, 0.25) is 0 Å². The average molecular weight is 254 g/mol. The van der Waals surface area contributed by atoms with Crippen molar-refractivity contribution in [3.8, 4) is 0 Å². The third-order valence-electron chi connectivity index (χ3n) is 3.62. The maximum absolute atomic E-state index is 12.3. The second kappa shape index (κ2) is 7.55. The lowest BCUT2D eigenvalue weighted by molar-refractivity contribution is -0.154.